The average molecular weight is 485 g/mol. The van der Waals surface area contributed by atoms with Crippen molar-refractivity contribution in [3.8, 4) is 16.9 Å². The van der Waals surface area contributed by atoms with Crippen LogP contribution in [0.4, 0.5) is 0 Å². The lowest BCUT2D eigenvalue weighted by atomic mass is 10.0. The van der Waals surface area contributed by atoms with Crippen molar-refractivity contribution in [1.29, 1.82) is 0 Å². The highest BCUT2D eigenvalue weighted by Crippen LogP contribution is 2.28. The van der Waals surface area contributed by atoms with Crippen LogP contribution in [0.3, 0.4) is 0 Å². The van der Waals surface area contributed by atoms with Gasteiger partial charge in [-0.1, -0.05) is 12.1 Å². The van der Waals surface area contributed by atoms with Gasteiger partial charge in [0.2, 0.25) is 0 Å². The largest absolute Gasteiger partial charge is 0.491 e. The molecule has 36 heavy (non-hydrogen) atoms. The minimum Gasteiger partial charge on any atom is -0.491 e. The Balaban J connectivity index is 1.36. The van der Waals surface area contributed by atoms with Crippen molar-refractivity contribution in [2.75, 3.05) is 26.3 Å². The summed E-state index contributed by atoms with van der Waals surface area (Å²) >= 11 is 0. The maximum absolute atomic E-state index is 12.9. The Hall–Kier alpha value is -3.55. The summed E-state index contributed by atoms with van der Waals surface area (Å²) in [6.45, 7) is 8.20. The number of fused-ring (bicyclic) bond motifs is 1. The number of aromatic nitrogens is 3. The van der Waals surface area contributed by atoms with Crippen molar-refractivity contribution >= 4 is 16.6 Å². The number of rotatable bonds is 8. The fourth-order valence-corrected chi connectivity index (χ4v) is 4.57. The second-order valence-electron chi connectivity index (χ2n) is 9.55. The fourth-order valence-electron chi connectivity index (χ4n) is 4.57. The first kappa shape index (κ1) is 24.2. The number of morpholine rings is 1. The van der Waals surface area contributed by atoms with Crippen LogP contribution in [0.15, 0.2) is 60.9 Å². The molecule has 1 aliphatic rings. The molecule has 3 heterocycles. The average Bonchev–Trinajstić information content (AvgIpc) is 3.24. The lowest BCUT2D eigenvalue weighted by molar-refractivity contribution is 0.0332. The maximum Gasteiger partial charge on any atom is 0.168 e. The van der Waals surface area contributed by atoms with E-state index < -0.39 is 0 Å². The number of carbonyl (C=O) groups is 1. The van der Waals surface area contributed by atoms with Gasteiger partial charge in [0.25, 0.3) is 0 Å². The lowest BCUT2D eigenvalue weighted by Crippen LogP contribution is -2.36. The van der Waals surface area contributed by atoms with Gasteiger partial charge >= 0.3 is 0 Å². The molecule has 186 valence electrons. The van der Waals surface area contributed by atoms with Crippen LogP contribution in [0.25, 0.3) is 21.9 Å². The predicted octanol–water partition coefficient (Wildman–Crippen LogP) is 4.68. The van der Waals surface area contributed by atoms with E-state index >= 15 is 0 Å². The minimum atomic E-state index is 0.0363. The molecule has 7 nitrogen and oxygen atoms in total. The number of aryl methyl sites for hydroxylation is 1. The molecule has 0 spiro atoms. The first-order valence-electron chi connectivity index (χ1n) is 12.5. The smallest absolute Gasteiger partial charge is 0.168 e. The van der Waals surface area contributed by atoms with Crippen molar-refractivity contribution in [3.05, 3.63) is 77.9 Å². The van der Waals surface area contributed by atoms with Crippen LogP contribution in [0, 0.1) is 0 Å². The molecule has 7 heteroatoms. The number of benzene rings is 2. The van der Waals surface area contributed by atoms with E-state index in [0.29, 0.717) is 5.56 Å². The van der Waals surface area contributed by atoms with E-state index in [4.69, 9.17) is 9.47 Å². The molecule has 0 unspecified atom stereocenters. The molecule has 1 aliphatic heterocycles. The summed E-state index contributed by atoms with van der Waals surface area (Å²) in [6, 6.07) is 15.7. The normalized spacial score (nSPS) is 14.4. The summed E-state index contributed by atoms with van der Waals surface area (Å²) in [7, 11) is 2.00. The van der Waals surface area contributed by atoms with Crippen molar-refractivity contribution < 1.29 is 14.3 Å². The van der Waals surface area contributed by atoms with Gasteiger partial charge in [-0.25, -0.2) is 0 Å². The molecular formula is C29H32N4O3. The second kappa shape index (κ2) is 10.6. The number of ketones is 1. The molecule has 5 rings (SSSR count). The lowest BCUT2D eigenvalue weighted by Gasteiger charge is -2.27. The highest BCUT2D eigenvalue weighted by molar-refractivity contribution is 5.98. The molecule has 0 radical (unpaired) electrons. The molecule has 0 saturated carbocycles. The number of ether oxygens (including phenoxy) is 2. The van der Waals surface area contributed by atoms with Crippen LogP contribution in [0.1, 0.15) is 35.6 Å². The SMILES string of the molecule is CC(C)Oc1ccc(C(=O)Cc2cc3cc(-c4cnn(C)c4CN4CCOCC4)ccc3cn2)cc1. The summed E-state index contributed by atoms with van der Waals surface area (Å²) in [4.78, 5) is 19.9. The van der Waals surface area contributed by atoms with Gasteiger partial charge in [-0.3, -0.25) is 19.4 Å². The second-order valence-corrected chi connectivity index (χ2v) is 9.55. The third kappa shape index (κ3) is 5.48. The fraction of sp³-hybridized carbons (Fsp3) is 0.345. The zero-order chi connectivity index (χ0) is 25.1. The van der Waals surface area contributed by atoms with Gasteiger partial charge < -0.3 is 9.47 Å². The van der Waals surface area contributed by atoms with E-state index in [1.165, 1.54) is 5.69 Å². The van der Waals surface area contributed by atoms with Gasteiger partial charge in [-0.2, -0.15) is 5.10 Å². The third-order valence-corrected chi connectivity index (χ3v) is 6.52. The summed E-state index contributed by atoms with van der Waals surface area (Å²) in [5, 5.41) is 6.65. The molecule has 1 fully saturated rings. The Morgan fingerprint density at radius 1 is 1.03 bits per heavy atom. The Morgan fingerprint density at radius 2 is 1.81 bits per heavy atom. The van der Waals surface area contributed by atoms with Gasteiger partial charge in [0.1, 0.15) is 5.75 Å². The molecule has 2 aromatic heterocycles. The summed E-state index contributed by atoms with van der Waals surface area (Å²) in [5.74, 6) is 0.801. The van der Waals surface area contributed by atoms with Crippen molar-refractivity contribution in [1.82, 2.24) is 19.7 Å². The van der Waals surface area contributed by atoms with Crippen LogP contribution in [-0.2, 0) is 24.8 Å². The Bertz CT molecular complexity index is 1350. The van der Waals surface area contributed by atoms with E-state index in [1.54, 1.807) is 0 Å². The summed E-state index contributed by atoms with van der Waals surface area (Å²) in [5.41, 5.74) is 4.84. The van der Waals surface area contributed by atoms with Crippen molar-refractivity contribution in [2.45, 2.75) is 32.9 Å². The number of Topliss-reactive ketones (excluding diaryl/α,β-unsaturated/α-hetero) is 1. The Morgan fingerprint density at radius 3 is 2.56 bits per heavy atom. The van der Waals surface area contributed by atoms with Crippen LogP contribution in [-0.4, -0.2) is 57.9 Å². The number of carbonyl (C=O) groups excluding carboxylic acids is 1. The van der Waals surface area contributed by atoms with E-state index in [1.807, 2.05) is 68.3 Å². The maximum atomic E-state index is 12.9. The molecule has 0 N–H and O–H groups in total. The quantitative estimate of drug-likeness (QED) is 0.338. The van der Waals surface area contributed by atoms with Gasteiger partial charge in [0, 0.05) is 55.1 Å². The van der Waals surface area contributed by atoms with Gasteiger partial charge in [0.15, 0.2) is 5.78 Å². The van der Waals surface area contributed by atoms with Crippen molar-refractivity contribution in [2.24, 2.45) is 7.05 Å². The molecule has 0 atom stereocenters. The predicted molar refractivity (Wildman–Crippen MR) is 140 cm³/mol. The zero-order valence-corrected chi connectivity index (χ0v) is 21.1. The van der Waals surface area contributed by atoms with Gasteiger partial charge in [-0.05, 0) is 61.2 Å². The van der Waals surface area contributed by atoms with E-state index in [9.17, 15) is 4.79 Å². The van der Waals surface area contributed by atoms with Crippen LogP contribution < -0.4 is 4.74 Å². The van der Waals surface area contributed by atoms with Crippen LogP contribution >= 0.6 is 0 Å². The molecule has 0 amide bonds. The standard InChI is InChI=1S/C29H32N4O3/c1-20(2)36-26-8-6-21(7-9-26)29(34)16-25-15-24-14-22(4-5-23(24)17-30-25)27-18-31-32(3)28(27)19-33-10-12-35-13-11-33/h4-9,14-15,17-18,20H,10-13,16,19H2,1-3H3. The molecule has 2 aromatic carbocycles. The van der Waals surface area contributed by atoms with Crippen LogP contribution in [0.5, 0.6) is 5.75 Å². The number of nitrogens with zero attached hydrogens (tertiary/aromatic N) is 4. The highest BCUT2D eigenvalue weighted by Gasteiger charge is 2.17. The number of pyridine rings is 1. The molecule has 0 aliphatic carbocycles. The number of hydrogen-bond donors (Lipinski definition) is 0. The summed E-state index contributed by atoms with van der Waals surface area (Å²) < 4.78 is 13.1. The molecule has 0 bridgehead atoms. The summed E-state index contributed by atoms with van der Waals surface area (Å²) in [6.07, 6.45) is 4.13. The zero-order valence-electron chi connectivity index (χ0n) is 21.1. The minimum absolute atomic E-state index is 0.0363. The Labute approximate surface area is 211 Å². The van der Waals surface area contributed by atoms with E-state index in [0.717, 1.165) is 66.2 Å². The molecular weight excluding hydrogens is 452 g/mol. The number of hydrogen-bond acceptors (Lipinski definition) is 6. The molecule has 1 saturated heterocycles. The van der Waals surface area contributed by atoms with E-state index in [-0.39, 0.29) is 18.3 Å². The Kier molecular flexibility index (Phi) is 7.11. The van der Waals surface area contributed by atoms with Crippen molar-refractivity contribution in [3.63, 3.8) is 0 Å². The van der Waals surface area contributed by atoms with Crippen LogP contribution in [0.2, 0.25) is 0 Å². The monoisotopic (exact) mass is 484 g/mol. The van der Waals surface area contributed by atoms with Gasteiger partial charge in [0.05, 0.1) is 37.6 Å². The molecule has 4 aromatic rings. The van der Waals surface area contributed by atoms with Gasteiger partial charge in [-0.15, -0.1) is 0 Å². The first-order valence-corrected chi connectivity index (χ1v) is 12.5. The third-order valence-electron chi connectivity index (χ3n) is 6.52. The topological polar surface area (TPSA) is 69.5 Å². The first-order chi connectivity index (χ1) is 17.5. The van der Waals surface area contributed by atoms with E-state index in [2.05, 4.69) is 33.2 Å². The highest BCUT2D eigenvalue weighted by atomic mass is 16.5.